The average Bonchev–Trinajstić information content (AvgIpc) is 2.33. The lowest BCUT2D eigenvalue weighted by Crippen LogP contribution is -2.35. The van der Waals surface area contributed by atoms with Crippen LogP contribution in [0, 0.1) is 0 Å². The number of halogens is 1. The van der Waals surface area contributed by atoms with Crippen molar-refractivity contribution in [2.75, 3.05) is 0 Å². The Hall–Kier alpha value is -0.910. The summed E-state index contributed by atoms with van der Waals surface area (Å²) in [6.45, 7) is 0. The first-order valence-corrected chi connectivity index (χ1v) is 7.27. The molecule has 1 aliphatic rings. The van der Waals surface area contributed by atoms with Gasteiger partial charge in [0.2, 0.25) is 0 Å². The van der Waals surface area contributed by atoms with Gasteiger partial charge in [0.25, 0.3) is 0 Å². The van der Waals surface area contributed by atoms with E-state index in [9.17, 15) is 8.42 Å². The third-order valence-corrected chi connectivity index (χ3v) is 3.43. The van der Waals surface area contributed by atoms with E-state index >= 15 is 0 Å². The van der Waals surface area contributed by atoms with Gasteiger partial charge in [-0.1, -0.05) is 42.6 Å². The van der Waals surface area contributed by atoms with E-state index in [1.165, 1.54) is 0 Å². The van der Waals surface area contributed by atoms with Crippen molar-refractivity contribution in [3.63, 3.8) is 0 Å². The topological polar surface area (TPSA) is 72.5 Å². The zero-order valence-corrected chi connectivity index (χ0v) is 11.6. The second-order valence-electron chi connectivity index (χ2n) is 4.13. The minimum atomic E-state index is -2.29. The number of benzene rings is 1. The molecule has 0 amide bonds. The largest absolute Gasteiger partial charge is 0.326 e. The average molecular weight is 289 g/mol. The Kier molecular flexibility index (Phi) is 6.93. The summed E-state index contributed by atoms with van der Waals surface area (Å²) in [6, 6.07) is 9.23. The van der Waals surface area contributed by atoms with Crippen molar-refractivity contribution in [1.29, 1.82) is 0 Å². The fourth-order valence-corrected chi connectivity index (χ4v) is 2.42. The van der Waals surface area contributed by atoms with Crippen molar-refractivity contribution in [3.8, 4) is 0 Å². The quantitative estimate of drug-likeness (QED) is 0.863. The Morgan fingerprint density at radius 1 is 1.17 bits per heavy atom. The molecule has 0 aromatic heterocycles. The van der Waals surface area contributed by atoms with E-state index in [-0.39, 0.29) is 12.1 Å². The first-order valence-electron chi connectivity index (χ1n) is 5.86. The van der Waals surface area contributed by atoms with Crippen LogP contribution in [-0.2, 0) is 10.5 Å². The maximum atomic E-state index is 10.2. The Balaban J connectivity index is 0.000000199. The second kappa shape index (κ2) is 8.24. The SMILES string of the molecule is Clc1ccccc1.NC1CCCCC1N=S(=O)=O. The van der Waals surface area contributed by atoms with Crippen molar-refractivity contribution in [3.05, 3.63) is 35.4 Å². The molecule has 2 atom stereocenters. The van der Waals surface area contributed by atoms with Crippen LogP contribution in [0.3, 0.4) is 0 Å². The molecular weight excluding hydrogens is 272 g/mol. The highest BCUT2D eigenvalue weighted by Crippen LogP contribution is 2.19. The molecule has 1 fully saturated rings. The standard InChI is InChI=1S/C6H5Cl.C6H12N2O2S/c7-6-4-2-1-3-5-6;7-5-3-1-2-4-6(5)8-11(9)10/h1-5H;5-6H,1-4,7H2. The summed E-state index contributed by atoms with van der Waals surface area (Å²) < 4.78 is 23.9. The van der Waals surface area contributed by atoms with Crippen molar-refractivity contribution < 1.29 is 8.42 Å². The molecule has 1 aromatic carbocycles. The van der Waals surface area contributed by atoms with Gasteiger partial charge in [0.05, 0.1) is 6.04 Å². The Morgan fingerprint density at radius 3 is 2.22 bits per heavy atom. The van der Waals surface area contributed by atoms with Crippen LogP contribution in [-0.4, -0.2) is 20.5 Å². The van der Waals surface area contributed by atoms with Gasteiger partial charge in [0, 0.05) is 11.1 Å². The molecule has 1 aromatic rings. The molecule has 0 heterocycles. The van der Waals surface area contributed by atoms with Crippen LogP contribution in [0.1, 0.15) is 25.7 Å². The molecule has 0 aliphatic heterocycles. The lowest BCUT2D eigenvalue weighted by Gasteiger charge is -2.23. The second-order valence-corrected chi connectivity index (χ2v) is 5.22. The first kappa shape index (κ1) is 15.1. The monoisotopic (exact) mass is 288 g/mol. The zero-order chi connectivity index (χ0) is 13.4. The van der Waals surface area contributed by atoms with E-state index in [1.807, 2.05) is 30.3 Å². The molecule has 100 valence electrons. The highest BCUT2D eigenvalue weighted by atomic mass is 35.5. The van der Waals surface area contributed by atoms with Crippen LogP contribution < -0.4 is 5.73 Å². The molecule has 0 saturated heterocycles. The maximum Gasteiger partial charge on any atom is 0.311 e. The van der Waals surface area contributed by atoms with Gasteiger partial charge < -0.3 is 5.73 Å². The van der Waals surface area contributed by atoms with Crippen LogP contribution in [0.25, 0.3) is 0 Å². The smallest absolute Gasteiger partial charge is 0.311 e. The van der Waals surface area contributed by atoms with Gasteiger partial charge in [-0.15, -0.1) is 0 Å². The number of nitrogens with two attached hydrogens (primary N) is 1. The summed E-state index contributed by atoms with van der Waals surface area (Å²) in [5.74, 6) is 0. The van der Waals surface area contributed by atoms with Crippen molar-refractivity contribution in [2.24, 2.45) is 10.1 Å². The fraction of sp³-hybridized carbons (Fsp3) is 0.500. The van der Waals surface area contributed by atoms with E-state index in [2.05, 4.69) is 4.36 Å². The number of hydrogen-bond donors (Lipinski definition) is 1. The van der Waals surface area contributed by atoms with Gasteiger partial charge in [-0.25, -0.2) is 0 Å². The summed E-state index contributed by atoms with van der Waals surface area (Å²) in [6.07, 6.45) is 3.85. The van der Waals surface area contributed by atoms with Crippen LogP contribution in [0.15, 0.2) is 34.7 Å². The van der Waals surface area contributed by atoms with Gasteiger partial charge in [-0.05, 0) is 25.0 Å². The molecule has 2 rings (SSSR count). The highest BCUT2D eigenvalue weighted by Gasteiger charge is 2.21. The van der Waals surface area contributed by atoms with E-state index in [4.69, 9.17) is 17.3 Å². The molecule has 0 bridgehead atoms. The third kappa shape index (κ3) is 6.14. The van der Waals surface area contributed by atoms with E-state index in [0.29, 0.717) is 0 Å². The van der Waals surface area contributed by atoms with Crippen molar-refractivity contribution >= 4 is 22.1 Å². The van der Waals surface area contributed by atoms with Gasteiger partial charge >= 0.3 is 10.5 Å². The Bertz CT molecular complexity index is 468. The molecule has 2 N–H and O–H groups in total. The lowest BCUT2D eigenvalue weighted by atomic mass is 9.92. The molecule has 2 unspecified atom stereocenters. The molecular formula is C12H17ClN2O2S. The molecule has 6 heteroatoms. The predicted molar refractivity (Wildman–Crippen MR) is 73.0 cm³/mol. The summed E-state index contributed by atoms with van der Waals surface area (Å²) in [5.41, 5.74) is 5.66. The third-order valence-electron chi connectivity index (χ3n) is 2.74. The molecule has 0 spiro atoms. The molecule has 4 nitrogen and oxygen atoms in total. The minimum absolute atomic E-state index is 0.0540. The molecule has 1 aliphatic carbocycles. The maximum absolute atomic E-state index is 10.2. The van der Waals surface area contributed by atoms with E-state index in [0.717, 1.165) is 30.7 Å². The highest BCUT2D eigenvalue weighted by molar-refractivity contribution is 7.61. The van der Waals surface area contributed by atoms with Crippen LogP contribution in [0.2, 0.25) is 5.02 Å². The summed E-state index contributed by atoms with van der Waals surface area (Å²) in [7, 11) is -2.29. The predicted octanol–water partition coefficient (Wildman–Crippen LogP) is 2.66. The number of rotatable bonds is 1. The van der Waals surface area contributed by atoms with Gasteiger partial charge in [-0.3, -0.25) is 0 Å². The Labute approximate surface area is 114 Å². The van der Waals surface area contributed by atoms with Gasteiger partial charge in [-0.2, -0.15) is 12.8 Å². The lowest BCUT2D eigenvalue weighted by molar-refractivity contribution is 0.387. The number of hydrogen-bond acceptors (Lipinski definition) is 4. The van der Waals surface area contributed by atoms with Crippen LogP contribution in [0.4, 0.5) is 0 Å². The molecule has 18 heavy (non-hydrogen) atoms. The summed E-state index contributed by atoms with van der Waals surface area (Å²) in [4.78, 5) is 0. The molecule has 0 radical (unpaired) electrons. The van der Waals surface area contributed by atoms with Crippen LogP contribution in [0.5, 0.6) is 0 Å². The van der Waals surface area contributed by atoms with E-state index < -0.39 is 10.5 Å². The molecule has 1 saturated carbocycles. The Morgan fingerprint density at radius 2 is 1.78 bits per heavy atom. The summed E-state index contributed by atoms with van der Waals surface area (Å²) in [5, 5.41) is 0.794. The van der Waals surface area contributed by atoms with Crippen molar-refractivity contribution in [1.82, 2.24) is 0 Å². The van der Waals surface area contributed by atoms with Gasteiger partial charge in [0.1, 0.15) is 0 Å². The normalized spacial score (nSPS) is 22.6. The summed E-state index contributed by atoms with van der Waals surface area (Å²) >= 11 is 5.54. The minimum Gasteiger partial charge on any atom is -0.326 e. The van der Waals surface area contributed by atoms with Crippen molar-refractivity contribution in [2.45, 2.75) is 37.8 Å². The first-order chi connectivity index (χ1) is 8.59. The van der Waals surface area contributed by atoms with Crippen LogP contribution >= 0.6 is 11.6 Å². The number of nitrogens with zero attached hydrogens (tertiary/aromatic N) is 1. The van der Waals surface area contributed by atoms with E-state index in [1.54, 1.807) is 0 Å². The van der Waals surface area contributed by atoms with Gasteiger partial charge in [0.15, 0.2) is 0 Å². The zero-order valence-electron chi connectivity index (χ0n) is 10.00. The fourth-order valence-electron chi connectivity index (χ4n) is 1.80.